The number of fused-ring (bicyclic) bond motifs is 1. The summed E-state index contributed by atoms with van der Waals surface area (Å²) in [6, 6.07) is 3.61. The quantitative estimate of drug-likeness (QED) is 0.890. The molecule has 0 aliphatic heterocycles. The van der Waals surface area contributed by atoms with Gasteiger partial charge in [0.25, 0.3) is 0 Å². The van der Waals surface area contributed by atoms with Crippen molar-refractivity contribution in [1.82, 2.24) is 10.3 Å². The number of ether oxygens (including phenoxy) is 1. The molecule has 0 fully saturated rings. The molecule has 2 aromatic rings. The van der Waals surface area contributed by atoms with Crippen LogP contribution in [0.1, 0.15) is 26.3 Å². The van der Waals surface area contributed by atoms with E-state index in [1.165, 1.54) is 11.3 Å². The van der Waals surface area contributed by atoms with Crippen molar-refractivity contribution in [3.05, 3.63) is 17.7 Å². The average Bonchev–Trinajstić information content (AvgIpc) is 2.71. The highest BCUT2D eigenvalue weighted by Crippen LogP contribution is 2.34. The molecular weight excluding hydrogens is 274 g/mol. The highest BCUT2D eigenvalue weighted by molar-refractivity contribution is 7.22. The summed E-state index contributed by atoms with van der Waals surface area (Å²) in [5.74, 6) is 0.714. The first-order valence-electron chi connectivity index (χ1n) is 6.33. The summed E-state index contributed by atoms with van der Waals surface area (Å²) in [7, 11) is 1.61. The molecule has 108 valence electrons. The maximum absolute atomic E-state index is 11.9. The Hall–Kier alpha value is -1.82. The normalized spacial score (nSPS) is 11.4. The second-order valence-electron chi connectivity index (χ2n) is 5.61. The largest absolute Gasteiger partial charge is 0.494 e. The number of aryl methyl sites for hydroxylation is 1. The summed E-state index contributed by atoms with van der Waals surface area (Å²) in [5, 5.41) is 6.17. The number of anilines is 1. The van der Waals surface area contributed by atoms with Crippen LogP contribution < -0.4 is 15.4 Å². The lowest BCUT2D eigenvalue weighted by Crippen LogP contribution is -2.43. The highest BCUT2D eigenvalue weighted by Gasteiger charge is 2.16. The minimum Gasteiger partial charge on any atom is -0.494 e. The van der Waals surface area contributed by atoms with E-state index in [1.54, 1.807) is 7.11 Å². The standard InChI is InChI=1S/C14H19N3O2S/c1-8-6-7-9(19-5)10-11(8)20-13(15-10)16-12(18)17-14(2,3)4/h6-7H,1-5H3,(H2,15,16,17,18). The molecule has 0 aliphatic rings. The minimum absolute atomic E-state index is 0.256. The van der Waals surface area contributed by atoms with E-state index in [1.807, 2.05) is 39.8 Å². The number of benzene rings is 1. The molecule has 2 amide bonds. The van der Waals surface area contributed by atoms with Crippen LogP contribution >= 0.6 is 11.3 Å². The number of urea groups is 1. The molecule has 0 radical (unpaired) electrons. The van der Waals surface area contributed by atoms with E-state index in [0.29, 0.717) is 10.9 Å². The Morgan fingerprint density at radius 2 is 2.05 bits per heavy atom. The van der Waals surface area contributed by atoms with Crippen molar-refractivity contribution in [3.63, 3.8) is 0 Å². The molecule has 0 unspecified atom stereocenters. The predicted octanol–water partition coefficient (Wildman–Crippen LogP) is 3.53. The van der Waals surface area contributed by atoms with E-state index in [2.05, 4.69) is 15.6 Å². The number of amides is 2. The van der Waals surface area contributed by atoms with Crippen LogP contribution in [0.5, 0.6) is 5.75 Å². The van der Waals surface area contributed by atoms with Crippen LogP contribution in [-0.2, 0) is 0 Å². The number of nitrogens with one attached hydrogen (secondary N) is 2. The Bertz CT molecular complexity index is 644. The summed E-state index contributed by atoms with van der Waals surface area (Å²) >= 11 is 1.44. The summed E-state index contributed by atoms with van der Waals surface area (Å²) in [5.41, 5.74) is 1.61. The van der Waals surface area contributed by atoms with E-state index >= 15 is 0 Å². The van der Waals surface area contributed by atoms with Crippen molar-refractivity contribution in [2.24, 2.45) is 0 Å². The second-order valence-corrected chi connectivity index (χ2v) is 6.61. The van der Waals surface area contributed by atoms with E-state index < -0.39 is 0 Å². The van der Waals surface area contributed by atoms with Crippen LogP contribution in [0.4, 0.5) is 9.93 Å². The Morgan fingerprint density at radius 3 is 2.65 bits per heavy atom. The number of methoxy groups -OCH3 is 1. The van der Waals surface area contributed by atoms with Gasteiger partial charge in [-0.1, -0.05) is 17.4 Å². The number of aromatic nitrogens is 1. The van der Waals surface area contributed by atoms with Crippen LogP contribution in [-0.4, -0.2) is 23.7 Å². The lowest BCUT2D eigenvalue weighted by molar-refractivity contribution is 0.244. The zero-order chi connectivity index (χ0) is 14.9. The molecule has 0 saturated heterocycles. The smallest absolute Gasteiger partial charge is 0.321 e. The van der Waals surface area contributed by atoms with Gasteiger partial charge in [0, 0.05) is 5.54 Å². The van der Waals surface area contributed by atoms with Crippen molar-refractivity contribution in [2.75, 3.05) is 12.4 Å². The Labute approximate surface area is 122 Å². The fourth-order valence-corrected chi connectivity index (χ4v) is 2.74. The number of rotatable bonds is 2. The molecule has 2 rings (SSSR count). The van der Waals surface area contributed by atoms with Crippen molar-refractivity contribution in [1.29, 1.82) is 0 Å². The molecule has 1 heterocycles. The minimum atomic E-state index is -0.283. The van der Waals surface area contributed by atoms with Crippen LogP contribution in [0.3, 0.4) is 0 Å². The monoisotopic (exact) mass is 293 g/mol. The lowest BCUT2D eigenvalue weighted by atomic mass is 10.1. The first-order valence-corrected chi connectivity index (χ1v) is 7.15. The predicted molar refractivity (Wildman–Crippen MR) is 82.8 cm³/mol. The number of carbonyl (C=O) groups is 1. The van der Waals surface area contributed by atoms with Gasteiger partial charge >= 0.3 is 6.03 Å². The van der Waals surface area contributed by atoms with E-state index in [4.69, 9.17) is 4.74 Å². The molecule has 0 bridgehead atoms. The van der Waals surface area contributed by atoms with Crippen molar-refractivity contribution in [2.45, 2.75) is 33.2 Å². The zero-order valence-electron chi connectivity index (χ0n) is 12.3. The van der Waals surface area contributed by atoms with Crippen molar-refractivity contribution >= 4 is 32.7 Å². The fraction of sp³-hybridized carbons (Fsp3) is 0.429. The van der Waals surface area contributed by atoms with Gasteiger partial charge in [0.05, 0.1) is 11.8 Å². The summed E-state index contributed by atoms with van der Waals surface area (Å²) in [6.07, 6.45) is 0. The van der Waals surface area contributed by atoms with Crippen LogP contribution in [0.25, 0.3) is 10.2 Å². The molecule has 0 spiro atoms. The molecule has 2 N–H and O–H groups in total. The molecule has 20 heavy (non-hydrogen) atoms. The Balaban J connectivity index is 2.28. The molecule has 6 heteroatoms. The number of hydrogen-bond acceptors (Lipinski definition) is 4. The fourth-order valence-electron chi connectivity index (χ4n) is 1.80. The van der Waals surface area contributed by atoms with Gasteiger partial charge in [-0.05, 0) is 39.3 Å². The van der Waals surface area contributed by atoms with Crippen molar-refractivity contribution < 1.29 is 9.53 Å². The topological polar surface area (TPSA) is 63.2 Å². The van der Waals surface area contributed by atoms with Gasteiger partial charge in [-0.2, -0.15) is 0 Å². The first kappa shape index (κ1) is 14.6. The molecule has 0 saturated carbocycles. The van der Waals surface area contributed by atoms with Crippen LogP contribution in [0.15, 0.2) is 12.1 Å². The molecular formula is C14H19N3O2S. The molecule has 1 aromatic carbocycles. The molecule has 0 aliphatic carbocycles. The number of nitrogens with zero attached hydrogens (tertiary/aromatic N) is 1. The van der Waals surface area contributed by atoms with Gasteiger partial charge in [0.1, 0.15) is 11.3 Å². The number of hydrogen-bond donors (Lipinski definition) is 2. The zero-order valence-corrected chi connectivity index (χ0v) is 13.1. The van der Waals surface area contributed by atoms with Gasteiger partial charge < -0.3 is 10.1 Å². The highest BCUT2D eigenvalue weighted by atomic mass is 32.1. The number of thiazole rings is 1. The van der Waals surface area contributed by atoms with Gasteiger partial charge in [-0.3, -0.25) is 5.32 Å². The third kappa shape index (κ3) is 3.19. The summed E-state index contributed by atoms with van der Waals surface area (Å²) < 4.78 is 6.32. The van der Waals surface area contributed by atoms with Gasteiger partial charge in [-0.15, -0.1) is 0 Å². The van der Waals surface area contributed by atoms with Gasteiger partial charge in [0.2, 0.25) is 0 Å². The average molecular weight is 293 g/mol. The first-order chi connectivity index (χ1) is 9.30. The Kier molecular flexibility index (Phi) is 3.85. The molecule has 1 aromatic heterocycles. The van der Waals surface area contributed by atoms with E-state index in [0.717, 1.165) is 15.8 Å². The summed E-state index contributed by atoms with van der Waals surface area (Å²) in [6.45, 7) is 7.80. The third-order valence-corrected chi connectivity index (χ3v) is 3.74. The maximum Gasteiger partial charge on any atom is 0.321 e. The maximum atomic E-state index is 11.9. The Morgan fingerprint density at radius 1 is 1.35 bits per heavy atom. The summed E-state index contributed by atoms with van der Waals surface area (Å²) in [4.78, 5) is 16.3. The van der Waals surface area contributed by atoms with E-state index in [-0.39, 0.29) is 11.6 Å². The van der Waals surface area contributed by atoms with E-state index in [9.17, 15) is 4.79 Å². The number of carbonyl (C=O) groups excluding carboxylic acids is 1. The second kappa shape index (κ2) is 5.28. The SMILES string of the molecule is COc1ccc(C)c2sc(NC(=O)NC(C)(C)C)nc12. The molecule has 5 nitrogen and oxygen atoms in total. The van der Waals surface area contributed by atoms with Crippen molar-refractivity contribution in [3.8, 4) is 5.75 Å². The third-order valence-electron chi connectivity index (χ3n) is 2.63. The van der Waals surface area contributed by atoms with Gasteiger partial charge in [0.15, 0.2) is 5.13 Å². The van der Waals surface area contributed by atoms with Crippen LogP contribution in [0, 0.1) is 6.92 Å². The van der Waals surface area contributed by atoms with Gasteiger partial charge in [-0.25, -0.2) is 9.78 Å². The molecule has 0 atom stereocenters. The van der Waals surface area contributed by atoms with Crippen LogP contribution in [0.2, 0.25) is 0 Å². The lowest BCUT2D eigenvalue weighted by Gasteiger charge is -2.19.